The molecule has 1 aromatic carbocycles. The smallest absolute Gasteiger partial charge is 0.251 e. The summed E-state index contributed by atoms with van der Waals surface area (Å²) < 4.78 is 5.37. The van der Waals surface area contributed by atoms with Gasteiger partial charge >= 0.3 is 0 Å². The van der Waals surface area contributed by atoms with Crippen LogP contribution in [-0.2, 0) is 11.3 Å². The molecule has 1 saturated heterocycles. The van der Waals surface area contributed by atoms with Crippen LogP contribution in [0.5, 0.6) is 0 Å². The number of ether oxygens (including phenoxy) is 1. The highest BCUT2D eigenvalue weighted by atomic mass is 16.5. The molecule has 3 rings (SSSR count). The van der Waals surface area contributed by atoms with Gasteiger partial charge in [0.05, 0.1) is 19.3 Å². The number of nitrogens with zero attached hydrogens (tertiary/aromatic N) is 1. The van der Waals surface area contributed by atoms with Gasteiger partial charge in [-0.1, -0.05) is 25.0 Å². The molecule has 1 amide bonds. The molecule has 0 spiro atoms. The summed E-state index contributed by atoms with van der Waals surface area (Å²) in [5.41, 5.74) is 1.81. The van der Waals surface area contributed by atoms with Gasteiger partial charge < -0.3 is 15.2 Å². The van der Waals surface area contributed by atoms with Crippen molar-refractivity contribution in [1.82, 2.24) is 10.2 Å². The van der Waals surface area contributed by atoms with Crippen molar-refractivity contribution in [2.24, 2.45) is 5.92 Å². The van der Waals surface area contributed by atoms with E-state index >= 15 is 0 Å². The standard InChI is InChI=1S/C19H28N2O3/c22-18(16-5-1-2-6-16)13-20-19(23)17-7-3-4-15(12-17)14-21-8-10-24-11-9-21/h3-4,7,12,16,18,22H,1-2,5-6,8-11,13-14H2,(H,20,23). The van der Waals surface area contributed by atoms with Gasteiger partial charge in [-0.3, -0.25) is 9.69 Å². The monoisotopic (exact) mass is 332 g/mol. The van der Waals surface area contributed by atoms with E-state index < -0.39 is 6.10 Å². The van der Waals surface area contributed by atoms with E-state index in [1.165, 1.54) is 12.8 Å². The summed E-state index contributed by atoms with van der Waals surface area (Å²) in [6.07, 6.45) is 4.12. The van der Waals surface area contributed by atoms with Crippen molar-refractivity contribution in [3.63, 3.8) is 0 Å². The van der Waals surface area contributed by atoms with Crippen molar-refractivity contribution < 1.29 is 14.6 Å². The number of aliphatic hydroxyl groups is 1. The lowest BCUT2D eigenvalue weighted by Crippen LogP contribution is -2.36. The first-order valence-corrected chi connectivity index (χ1v) is 9.07. The van der Waals surface area contributed by atoms with E-state index in [-0.39, 0.29) is 5.91 Å². The normalized spacial score (nSPS) is 20.9. The number of morpholine rings is 1. The number of hydrogen-bond acceptors (Lipinski definition) is 4. The fourth-order valence-electron chi connectivity index (χ4n) is 3.64. The van der Waals surface area contributed by atoms with Crippen molar-refractivity contribution in [2.45, 2.75) is 38.3 Å². The lowest BCUT2D eigenvalue weighted by atomic mass is 10.0. The summed E-state index contributed by atoms with van der Waals surface area (Å²) in [7, 11) is 0. The second kappa shape index (κ2) is 8.60. The fourth-order valence-corrected chi connectivity index (χ4v) is 3.64. The maximum Gasteiger partial charge on any atom is 0.251 e. The van der Waals surface area contributed by atoms with Crippen LogP contribution in [-0.4, -0.2) is 54.9 Å². The van der Waals surface area contributed by atoms with Gasteiger partial charge in [0.1, 0.15) is 0 Å². The molecule has 1 atom stereocenters. The number of rotatable bonds is 6. The van der Waals surface area contributed by atoms with Crippen molar-refractivity contribution in [1.29, 1.82) is 0 Å². The predicted octanol–water partition coefficient (Wildman–Crippen LogP) is 1.80. The maximum atomic E-state index is 12.4. The van der Waals surface area contributed by atoms with E-state index in [4.69, 9.17) is 4.74 Å². The van der Waals surface area contributed by atoms with Crippen molar-refractivity contribution in [3.05, 3.63) is 35.4 Å². The van der Waals surface area contributed by atoms with Crippen LogP contribution in [0.2, 0.25) is 0 Å². The molecule has 5 heteroatoms. The van der Waals surface area contributed by atoms with Crippen LogP contribution in [0.3, 0.4) is 0 Å². The van der Waals surface area contributed by atoms with E-state index in [1.54, 1.807) is 0 Å². The lowest BCUT2D eigenvalue weighted by molar-refractivity contribution is 0.0342. The Morgan fingerprint density at radius 1 is 1.29 bits per heavy atom. The zero-order valence-electron chi connectivity index (χ0n) is 14.2. The average molecular weight is 332 g/mol. The molecule has 0 bridgehead atoms. The molecule has 24 heavy (non-hydrogen) atoms. The van der Waals surface area contributed by atoms with E-state index in [0.717, 1.165) is 51.3 Å². The number of amides is 1. The summed E-state index contributed by atoms with van der Waals surface area (Å²) in [6.45, 7) is 4.61. The Labute approximate surface area is 144 Å². The highest BCUT2D eigenvalue weighted by molar-refractivity contribution is 5.94. The third-order valence-corrected chi connectivity index (χ3v) is 5.11. The van der Waals surface area contributed by atoms with Crippen LogP contribution in [0, 0.1) is 5.92 Å². The number of benzene rings is 1. The highest BCUT2D eigenvalue weighted by Gasteiger charge is 2.23. The molecule has 5 nitrogen and oxygen atoms in total. The summed E-state index contributed by atoms with van der Waals surface area (Å²) in [5, 5.41) is 13.1. The van der Waals surface area contributed by atoms with Crippen LogP contribution in [0.1, 0.15) is 41.6 Å². The molecule has 1 aliphatic carbocycles. The van der Waals surface area contributed by atoms with Gasteiger partial charge in [-0.2, -0.15) is 0 Å². The molecule has 0 radical (unpaired) electrons. The van der Waals surface area contributed by atoms with E-state index in [1.807, 2.05) is 18.2 Å². The Morgan fingerprint density at radius 3 is 2.79 bits per heavy atom. The Hall–Kier alpha value is -1.43. The topological polar surface area (TPSA) is 61.8 Å². The SMILES string of the molecule is O=C(NCC(O)C1CCCC1)c1cccc(CN2CCOCC2)c1. The minimum absolute atomic E-state index is 0.101. The lowest BCUT2D eigenvalue weighted by Gasteiger charge is -2.26. The quantitative estimate of drug-likeness (QED) is 0.834. The van der Waals surface area contributed by atoms with Gasteiger partial charge in [-0.25, -0.2) is 0 Å². The number of carbonyl (C=O) groups excluding carboxylic acids is 1. The number of hydrogen-bond donors (Lipinski definition) is 2. The molecular formula is C19H28N2O3. The second-order valence-corrected chi connectivity index (χ2v) is 6.91. The molecule has 2 aliphatic rings. The number of nitrogens with one attached hydrogen (secondary N) is 1. The average Bonchev–Trinajstić information content (AvgIpc) is 3.15. The molecule has 2 N–H and O–H groups in total. The summed E-state index contributed by atoms with van der Waals surface area (Å²) in [6, 6.07) is 7.77. The van der Waals surface area contributed by atoms with Crippen LogP contribution in [0.15, 0.2) is 24.3 Å². The van der Waals surface area contributed by atoms with Crippen LogP contribution in [0.25, 0.3) is 0 Å². The second-order valence-electron chi connectivity index (χ2n) is 6.91. The molecular weight excluding hydrogens is 304 g/mol. The van der Waals surface area contributed by atoms with Crippen LogP contribution in [0.4, 0.5) is 0 Å². The van der Waals surface area contributed by atoms with Crippen LogP contribution < -0.4 is 5.32 Å². The molecule has 0 aromatic heterocycles. The van der Waals surface area contributed by atoms with E-state index in [0.29, 0.717) is 18.0 Å². The van der Waals surface area contributed by atoms with E-state index in [2.05, 4.69) is 16.3 Å². The number of carbonyl (C=O) groups is 1. The molecule has 1 aromatic rings. The molecule has 1 aliphatic heterocycles. The van der Waals surface area contributed by atoms with Gasteiger partial charge in [0.15, 0.2) is 0 Å². The number of aliphatic hydroxyl groups excluding tert-OH is 1. The zero-order chi connectivity index (χ0) is 16.8. The highest BCUT2D eigenvalue weighted by Crippen LogP contribution is 2.27. The fraction of sp³-hybridized carbons (Fsp3) is 0.632. The largest absolute Gasteiger partial charge is 0.391 e. The van der Waals surface area contributed by atoms with Crippen molar-refractivity contribution in [2.75, 3.05) is 32.8 Å². The first-order valence-electron chi connectivity index (χ1n) is 9.07. The predicted molar refractivity (Wildman–Crippen MR) is 92.8 cm³/mol. The van der Waals surface area contributed by atoms with Gasteiger partial charge in [0.25, 0.3) is 5.91 Å². The zero-order valence-corrected chi connectivity index (χ0v) is 14.2. The van der Waals surface area contributed by atoms with E-state index in [9.17, 15) is 9.90 Å². The van der Waals surface area contributed by atoms with Crippen LogP contribution >= 0.6 is 0 Å². The van der Waals surface area contributed by atoms with Gasteiger partial charge in [-0.05, 0) is 36.5 Å². The third kappa shape index (κ3) is 4.79. The molecule has 1 unspecified atom stereocenters. The first-order chi connectivity index (χ1) is 11.7. The molecule has 2 fully saturated rings. The Balaban J connectivity index is 1.51. The van der Waals surface area contributed by atoms with Crippen molar-refractivity contribution >= 4 is 5.91 Å². The Bertz CT molecular complexity index is 537. The molecule has 132 valence electrons. The summed E-state index contributed by atoms with van der Waals surface area (Å²) >= 11 is 0. The summed E-state index contributed by atoms with van der Waals surface area (Å²) in [4.78, 5) is 14.7. The first kappa shape index (κ1) is 17.4. The minimum Gasteiger partial charge on any atom is -0.391 e. The summed E-state index contributed by atoms with van der Waals surface area (Å²) in [5.74, 6) is 0.244. The Kier molecular flexibility index (Phi) is 6.24. The van der Waals surface area contributed by atoms with Gasteiger partial charge in [0, 0.05) is 31.7 Å². The molecule has 1 heterocycles. The van der Waals surface area contributed by atoms with Crippen molar-refractivity contribution in [3.8, 4) is 0 Å². The Morgan fingerprint density at radius 2 is 2.04 bits per heavy atom. The molecule has 1 saturated carbocycles. The van der Waals surface area contributed by atoms with Gasteiger partial charge in [0.2, 0.25) is 0 Å². The minimum atomic E-state index is -0.423. The third-order valence-electron chi connectivity index (χ3n) is 5.11. The maximum absolute atomic E-state index is 12.4. The van der Waals surface area contributed by atoms with Gasteiger partial charge in [-0.15, -0.1) is 0 Å².